The van der Waals surface area contributed by atoms with Crippen molar-refractivity contribution in [1.29, 1.82) is 0 Å². The van der Waals surface area contributed by atoms with Gasteiger partial charge in [-0.2, -0.15) is 0 Å². The summed E-state index contributed by atoms with van der Waals surface area (Å²) in [5.74, 6) is 0.501. The molecule has 3 aromatic rings. The molecular formula is C17H13N3O2S. The molecule has 6 heteroatoms. The van der Waals surface area contributed by atoms with Crippen LogP contribution in [0.5, 0.6) is 5.75 Å². The number of ether oxygens (including phenoxy) is 1. The fourth-order valence-corrected chi connectivity index (χ4v) is 2.59. The van der Waals surface area contributed by atoms with E-state index < -0.39 is 6.09 Å². The second kappa shape index (κ2) is 7.42. The molecule has 0 aliphatic rings. The third kappa shape index (κ3) is 4.55. The number of anilines is 1. The van der Waals surface area contributed by atoms with Crippen LogP contribution < -0.4 is 10.1 Å². The first-order valence-corrected chi connectivity index (χ1v) is 7.68. The average molecular weight is 323 g/mol. The summed E-state index contributed by atoms with van der Waals surface area (Å²) < 4.78 is 5.17. The molecule has 0 aliphatic carbocycles. The third-order valence-corrected chi connectivity index (χ3v) is 3.78. The molecule has 114 valence electrons. The fourth-order valence-electron chi connectivity index (χ4n) is 1.82. The highest BCUT2D eigenvalue weighted by atomic mass is 32.2. The number of benzene rings is 2. The van der Waals surface area contributed by atoms with Crippen molar-refractivity contribution in [3.05, 3.63) is 73.3 Å². The minimum absolute atomic E-state index is 0.501. The van der Waals surface area contributed by atoms with Gasteiger partial charge in [0, 0.05) is 27.9 Å². The zero-order valence-corrected chi connectivity index (χ0v) is 12.9. The van der Waals surface area contributed by atoms with E-state index in [1.165, 1.54) is 6.33 Å². The van der Waals surface area contributed by atoms with Crippen LogP contribution >= 0.6 is 11.8 Å². The summed E-state index contributed by atoms with van der Waals surface area (Å²) in [7, 11) is 0. The topological polar surface area (TPSA) is 64.1 Å². The Hall–Kier alpha value is -2.86. The molecule has 1 N–H and O–H groups in total. The predicted molar refractivity (Wildman–Crippen MR) is 88.7 cm³/mol. The van der Waals surface area contributed by atoms with Crippen LogP contribution in [0.4, 0.5) is 10.5 Å². The molecule has 0 bridgehead atoms. The van der Waals surface area contributed by atoms with Crippen molar-refractivity contribution < 1.29 is 9.53 Å². The maximum Gasteiger partial charge on any atom is 0.417 e. The van der Waals surface area contributed by atoms with Crippen molar-refractivity contribution in [3.8, 4) is 5.75 Å². The molecule has 1 heterocycles. The second-order valence-corrected chi connectivity index (χ2v) is 5.68. The molecule has 0 aliphatic heterocycles. The molecule has 2 aromatic carbocycles. The van der Waals surface area contributed by atoms with Crippen molar-refractivity contribution in [2.24, 2.45) is 0 Å². The molecule has 3 rings (SSSR count). The Morgan fingerprint density at radius 2 is 1.61 bits per heavy atom. The van der Waals surface area contributed by atoms with E-state index in [0.717, 1.165) is 9.79 Å². The van der Waals surface area contributed by atoms with Crippen molar-refractivity contribution in [1.82, 2.24) is 9.97 Å². The number of hydrogen-bond acceptors (Lipinski definition) is 5. The number of hydrogen-bond donors (Lipinski definition) is 1. The van der Waals surface area contributed by atoms with Crippen LogP contribution in [0.25, 0.3) is 0 Å². The molecule has 0 spiro atoms. The highest BCUT2D eigenvalue weighted by molar-refractivity contribution is 7.99. The first-order valence-electron chi connectivity index (χ1n) is 6.86. The number of carbonyl (C=O) groups excluding carboxylic acids is 1. The Morgan fingerprint density at radius 3 is 2.30 bits per heavy atom. The quantitative estimate of drug-likeness (QED) is 0.778. The van der Waals surface area contributed by atoms with E-state index in [0.29, 0.717) is 11.4 Å². The number of para-hydroxylation sites is 1. The van der Waals surface area contributed by atoms with Crippen molar-refractivity contribution in [2.75, 3.05) is 5.32 Å². The minimum Gasteiger partial charge on any atom is -0.410 e. The van der Waals surface area contributed by atoms with Crippen LogP contribution in [-0.2, 0) is 0 Å². The highest BCUT2D eigenvalue weighted by Gasteiger charge is 2.05. The van der Waals surface area contributed by atoms with Gasteiger partial charge in [0.1, 0.15) is 12.1 Å². The van der Waals surface area contributed by atoms with E-state index in [2.05, 4.69) is 15.3 Å². The first-order chi connectivity index (χ1) is 11.3. The Bertz CT molecular complexity index is 765. The van der Waals surface area contributed by atoms with Crippen LogP contribution in [0.3, 0.4) is 0 Å². The van der Waals surface area contributed by atoms with Gasteiger partial charge in [0.15, 0.2) is 0 Å². The van der Waals surface area contributed by atoms with Crippen molar-refractivity contribution >= 4 is 23.5 Å². The average Bonchev–Trinajstić information content (AvgIpc) is 2.58. The Morgan fingerprint density at radius 1 is 0.913 bits per heavy atom. The molecule has 0 unspecified atom stereocenters. The molecule has 0 saturated heterocycles. The lowest BCUT2D eigenvalue weighted by Crippen LogP contribution is -2.16. The van der Waals surface area contributed by atoms with Gasteiger partial charge in [-0.05, 0) is 36.4 Å². The summed E-state index contributed by atoms with van der Waals surface area (Å²) in [5.41, 5.74) is 0.666. The standard InChI is InChI=1S/C17H13N3O2S/c21-17(22-14-4-2-1-3-5-14)20-13-6-8-15(9-7-13)23-16-10-18-12-19-11-16/h1-12H,(H,20,21). The monoisotopic (exact) mass is 323 g/mol. The van der Waals surface area contributed by atoms with Gasteiger partial charge in [-0.25, -0.2) is 14.8 Å². The molecule has 5 nitrogen and oxygen atoms in total. The van der Waals surface area contributed by atoms with Gasteiger partial charge in [-0.15, -0.1) is 0 Å². The zero-order valence-electron chi connectivity index (χ0n) is 12.0. The first kappa shape index (κ1) is 15.1. The third-order valence-electron chi connectivity index (χ3n) is 2.83. The Balaban J connectivity index is 1.58. The van der Waals surface area contributed by atoms with Crippen LogP contribution in [0, 0.1) is 0 Å². The largest absolute Gasteiger partial charge is 0.417 e. The van der Waals surface area contributed by atoms with Gasteiger partial charge in [0.05, 0.1) is 0 Å². The van der Waals surface area contributed by atoms with Gasteiger partial charge in [0.2, 0.25) is 0 Å². The number of nitrogens with one attached hydrogen (secondary N) is 1. The lowest BCUT2D eigenvalue weighted by atomic mass is 10.3. The zero-order chi connectivity index (χ0) is 15.9. The lowest BCUT2D eigenvalue weighted by molar-refractivity contribution is 0.215. The molecule has 0 atom stereocenters. The Kier molecular flexibility index (Phi) is 4.85. The van der Waals surface area contributed by atoms with Crippen molar-refractivity contribution in [2.45, 2.75) is 9.79 Å². The van der Waals surface area contributed by atoms with Crippen LogP contribution in [0.15, 0.2) is 83.1 Å². The van der Waals surface area contributed by atoms with Crippen LogP contribution in [0.2, 0.25) is 0 Å². The van der Waals surface area contributed by atoms with Gasteiger partial charge in [0.25, 0.3) is 0 Å². The number of rotatable bonds is 4. The smallest absolute Gasteiger partial charge is 0.410 e. The normalized spacial score (nSPS) is 10.1. The van der Waals surface area contributed by atoms with Gasteiger partial charge >= 0.3 is 6.09 Å². The maximum absolute atomic E-state index is 11.8. The minimum atomic E-state index is -0.520. The summed E-state index contributed by atoms with van der Waals surface area (Å²) in [5, 5.41) is 2.69. The van der Waals surface area contributed by atoms with E-state index in [-0.39, 0.29) is 0 Å². The molecular weight excluding hydrogens is 310 g/mol. The SMILES string of the molecule is O=C(Nc1ccc(Sc2cncnc2)cc1)Oc1ccccc1. The summed E-state index contributed by atoms with van der Waals surface area (Å²) in [6.07, 6.45) is 4.48. The Labute approximate surface area is 137 Å². The molecule has 0 fully saturated rings. The maximum atomic E-state index is 11.8. The number of carbonyl (C=O) groups is 1. The van der Waals surface area contributed by atoms with Crippen molar-refractivity contribution in [3.63, 3.8) is 0 Å². The molecule has 23 heavy (non-hydrogen) atoms. The van der Waals surface area contributed by atoms with Gasteiger partial charge in [-0.3, -0.25) is 5.32 Å². The van der Waals surface area contributed by atoms with E-state index >= 15 is 0 Å². The second-order valence-electron chi connectivity index (χ2n) is 4.53. The summed E-state index contributed by atoms with van der Waals surface area (Å²) >= 11 is 1.55. The van der Waals surface area contributed by atoms with Gasteiger partial charge < -0.3 is 4.74 Å². The van der Waals surface area contributed by atoms with Crippen LogP contribution in [-0.4, -0.2) is 16.1 Å². The predicted octanol–water partition coefficient (Wildman–Crippen LogP) is 4.24. The number of aromatic nitrogens is 2. The van der Waals surface area contributed by atoms with E-state index in [1.807, 2.05) is 42.5 Å². The lowest BCUT2D eigenvalue weighted by Gasteiger charge is -2.07. The van der Waals surface area contributed by atoms with E-state index in [4.69, 9.17) is 4.74 Å². The van der Waals surface area contributed by atoms with Crippen LogP contribution in [0.1, 0.15) is 0 Å². The van der Waals surface area contributed by atoms with Gasteiger partial charge in [-0.1, -0.05) is 30.0 Å². The number of nitrogens with zero attached hydrogens (tertiary/aromatic N) is 2. The number of amides is 1. The fraction of sp³-hybridized carbons (Fsp3) is 0. The molecule has 0 radical (unpaired) electrons. The molecule has 0 saturated carbocycles. The highest BCUT2D eigenvalue weighted by Crippen LogP contribution is 2.27. The van der Waals surface area contributed by atoms with E-state index in [9.17, 15) is 4.79 Å². The molecule has 1 aromatic heterocycles. The summed E-state index contributed by atoms with van der Waals surface area (Å²) in [4.78, 5) is 21.7. The summed E-state index contributed by atoms with van der Waals surface area (Å²) in [6, 6.07) is 16.4. The molecule has 1 amide bonds. The summed E-state index contributed by atoms with van der Waals surface area (Å²) in [6.45, 7) is 0. The van der Waals surface area contributed by atoms with E-state index in [1.54, 1.807) is 36.3 Å².